The summed E-state index contributed by atoms with van der Waals surface area (Å²) in [5, 5.41) is 2.25. The van der Waals surface area contributed by atoms with Crippen molar-refractivity contribution >= 4 is 96.2 Å². The molecule has 5 heteroatoms. The maximum atomic E-state index is 6.67. The van der Waals surface area contributed by atoms with Crippen LogP contribution in [0.25, 0.3) is 55.3 Å². The van der Waals surface area contributed by atoms with Gasteiger partial charge in [0.05, 0.1) is 0 Å². The molecule has 3 heterocycles. The predicted octanol–water partition coefficient (Wildman–Crippen LogP) is 21.3. The molecule has 0 bridgehead atoms. The Labute approximate surface area is 515 Å². The standard InChI is InChI=1S/C82H76BN3O/c1-51-19-16-20-52(2)76(51)56-29-38-63(39-30-56)85-71-46-31-57(77-53(3)21-17-22-54(77)4)47-70(71)83-69-45-44-65(84(61-40-32-58(33-41-61)80(5,6)7)62-42-34-59(35-43-62)81(8,9)10)50-72(69)86(74-49-60(82(11,12)13)48-73(85)78(74)83)64-36-27-55(28-37-64)66-24-18-25-68-67-23-14-15-26-75(67)87-79(66)68/h14-50H,1-13H3. The average Bonchev–Trinajstić information content (AvgIpc) is 1.19. The number of anilines is 9. The van der Waals surface area contributed by atoms with E-state index in [1.165, 1.54) is 94.6 Å². The highest BCUT2D eigenvalue weighted by atomic mass is 16.3. The molecule has 2 aliphatic rings. The number of aryl methyl sites for hydroxylation is 4. The number of benzene rings is 11. The van der Waals surface area contributed by atoms with Gasteiger partial charge in [0.15, 0.2) is 0 Å². The molecule has 0 saturated carbocycles. The van der Waals surface area contributed by atoms with Crippen molar-refractivity contribution in [1.82, 2.24) is 0 Å². The van der Waals surface area contributed by atoms with Crippen LogP contribution in [-0.2, 0) is 16.2 Å². The van der Waals surface area contributed by atoms with E-state index in [9.17, 15) is 0 Å². The average molecular weight is 1130 g/mol. The molecule has 0 spiro atoms. The van der Waals surface area contributed by atoms with Gasteiger partial charge in [-0.05, 0) is 212 Å². The Hall–Kier alpha value is -9.32. The fourth-order valence-electron chi connectivity index (χ4n) is 14.0. The van der Waals surface area contributed by atoms with Crippen LogP contribution >= 0.6 is 0 Å². The third kappa shape index (κ3) is 9.55. The molecule has 0 unspecified atom stereocenters. The van der Waals surface area contributed by atoms with Crippen LogP contribution in [0.4, 0.5) is 51.2 Å². The topological polar surface area (TPSA) is 22.9 Å². The molecule has 0 atom stereocenters. The lowest BCUT2D eigenvalue weighted by atomic mass is 9.33. The maximum Gasteiger partial charge on any atom is 0.252 e. The minimum atomic E-state index is -0.205. The third-order valence-electron chi connectivity index (χ3n) is 18.7. The monoisotopic (exact) mass is 1130 g/mol. The van der Waals surface area contributed by atoms with Crippen molar-refractivity contribution in [3.05, 3.63) is 263 Å². The van der Waals surface area contributed by atoms with Crippen molar-refractivity contribution in [2.45, 2.75) is 106 Å². The molecular weight excluding hydrogens is 1050 g/mol. The van der Waals surface area contributed by atoms with Crippen LogP contribution in [0.15, 0.2) is 229 Å². The van der Waals surface area contributed by atoms with Crippen LogP contribution in [0.5, 0.6) is 0 Å². The highest BCUT2D eigenvalue weighted by Gasteiger charge is 2.45. The maximum absolute atomic E-state index is 6.67. The summed E-state index contributed by atoms with van der Waals surface area (Å²) >= 11 is 0. The summed E-state index contributed by atoms with van der Waals surface area (Å²) in [6.07, 6.45) is 0. The van der Waals surface area contributed by atoms with Crippen molar-refractivity contribution < 1.29 is 4.42 Å². The lowest BCUT2D eigenvalue weighted by Crippen LogP contribution is -2.61. The Morgan fingerprint density at radius 1 is 0.356 bits per heavy atom. The number of fused-ring (bicyclic) bond motifs is 7. The summed E-state index contributed by atoms with van der Waals surface area (Å²) in [5.74, 6) is 0. The van der Waals surface area contributed by atoms with E-state index < -0.39 is 0 Å². The van der Waals surface area contributed by atoms with Gasteiger partial charge in [-0.25, -0.2) is 0 Å². The second-order valence-electron chi connectivity index (χ2n) is 27.6. The molecule has 4 nitrogen and oxygen atoms in total. The number of rotatable bonds is 8. The van der Waals surface area contributed by atoms with Gasteiger partial charge < -0.3 is 19.1 Å². The molecule has 14 rings (SSSR count). The Morgan fingerprint density at radius 2 is 0.828 bits per heavy atom. The van der Waals surface area contributed by atoms with Crippen molar-refractivity contribution in [3.8, 4) is 33.4 Å². The van der Waals surface area contributed by atoms with Crippen LogP contribution in [0.3, 0.4) is 0 Å². The first-order chi connectivity index (χ1) is 41.7. The van der Waals surface area contributed by atoms with Gasteiger partial charge in [0, 0.05) is 67.5 Å². The molecule has 87 heavy (non-hydrogen) atoms. The third-order valence-corrected chi connectivity index (χ3v) is 18.7. The van der Waals surface area contributed by atoms with E-state index in [4.69, 9.17) is 4.42 Å². The Morgan fingerprint density at radius 3 is 1.38 bits per heavy atom. The minimum Gasteiger partial charge on any atom is -0.455 e. The van der Waals surface area contributed by atoms with Gasteiger partial charge in [-0.1, -0.05) is 202 Å². The number of para-hydroxylation sites is 2. The Balaban J connectivity index is 1.04. The molecule has 12 aromatic rings. The van der Waals surface area contributed by atoms with Crippen molar-refractivity contribution in [2.75, 3.05) is 14.7 Å². The van der Waals surface area contributed by atoms with Gasteiger partial charge in [-0.2, -0.15) is 0 Å². The summed E-state index contributed by atoms with van der Waals surface area (Å²) in [7, 11) is 0. The number of hydrogen-bond donors (Lipinski definition) is 0. The molecular formula is C82H76BN3O. The van der Waals surface area contributed by atoms with E-state index in [2.05, 4.69) is 329 Å². The van der Waals surface area contributed by atoms with E-state index in [0.29, 0.717) is 0 Å². The molecule has 0 fully saturated rings. The van der Waals surface area contributed by atoms with Crippen LogP contribution in [-0.4, -0.2) is 6.71 Å². The molecule has 2 aliphatic heterocycles. The quantitative estimate of drug-likeness (QED) is 0.141. The summed E-state index contributed by atoms with van der Waals surface area (Å²) in [6, 6.07) is 84.9. The van der Waals surface area contributed by atoms with Gasteiger partial charge >= 0.3 is 0 Å². The number of furan rings is 1. The summed E-state index contributed by atoms with van der Waals surface area (Å²) < 4.78 is 6.67. The lowest BCUT2D eigenvalue weighted by Gasteiger charge is -2.45. The highest BCUT2D eigenvalue weighted by Crippen LogP contribution is 2.50. The van der Waals surface area contributed by atoms with Gasteiger partial charge in [0.2, 0.25) is 0 Å². The first-order valence-corrected chi connectivity index (χ1v) is 31.0. The fourth-order valence-corrected chi connectivity index (χ4v) is 14.0. The van der Waals surface area contributed by atoms with Gasteiger partial charge in [-0.3, -0.25) is 0 Å². The van der Waals surface area contributed by atoms with Gasteiger partial charge in [-0.15, -0.1) is 0 Å². The number of hydrogen-bond acceptors (Lipinski definition) is 4. The smallest absolute Gasteiger partial charge is 0.252 e. The normalized spacial score (nSPS) is 13.0. The summed E-state index contributed by atoms with van der Waals surface area (Å²) in [5.41, 5.74) is 31.8. The molecule has 0 N–H and O–H groups in total. The van der Waals surface area contributed by atoms with Gasteiger partial charge in [0.25, 0.3) is 6.71 Å². The zero-order chi connectivity index (χ0) is 60.4. The van der Waals surface area contributed by atoms with Crippen LogP contribution in [0.1, 0.15) is 101 Å². The first-order valence-electron chi connectivity index (χ1n) is 31.0. The largest absolute Gasteiger partial charge is 0.455 e. The van der Waals surface area contributed by atoms with Crippen LogP contribution in [0.2, 0.25) is 0 Å². The molecule has 0 aliphatic carbocycles. The molecule has 0 amide bonds. The van der Waals surface area contributed by atoms with Gasteiger partial charge in [0.1, 0.15) is 11.2 Å². The minimum absolute atomic E-state index is 0.00379. The second-order valence-corrected chi connectivity index (χ2v) is 27.6. The molecule has 0 radical (unpaired) electrons. The Bertz CT molecular complexity index is 4560. The SMILES string of the molecule is Cc1cccc(C)c1-c1ccc(N2c3ccc(-c4c(C)cccc4C)cc3B3c4ccc(N(c5ccc(C(C)(C)C)cc5)c5ccc(C(C)(C)C)cc5)cc4N(c4ccc(-c5cccc6c5oc5ccccc56)cc4)c4cc(C(C)(C)C)cc2c43)cc1. The fraction of sp³-hybridized carbons (Fsp3) is 0.195. The Kier molecular flexibility index (Phi) is 13.2. The van der Waals surface area contributed by atoms with E-state index in [1.807, 2.05) is 0 Å². The molecule has 11 aromatic carbocycles. The summed E-state index contributed by atoms with van der Waals surface area (Å²) in [6.45, 7) is 29.7. The van der Waals surface area contributed by atoms with Crippen LogP contribution in [0, 0.1) is 27.7 Å². The predicted molar refractivity (Wildman–Crippen MR) is 374 cm³/mol. The van der Waals surface area contributed by atoms with Crippen molar-refractivity contribution in [2.24, 2.45) is 0 Å². The van der Waals surface area contributed by atoms with Crippen molar-refractivity contribution in [1.29, 1.82) is 0 Å². The first kappa shape index (κ1) is 55.6. The zero-order valence-electron chi connectivity index (χ0n) is 52.7. The van der Waals surface area contributed by atoms with E-state index in [-0.39, 0.29) is 23.0 Å². The van der Waals surface area contributed by atoms with E-state index >= 15 is 0 Å². The second kappa shape index (κ2) is 20.7. The van der Waals surface area contributed by atoms with Crippen LogP contribution < -0.4 is 31.1 Å². The lowest BCUT2D eigenvalue weighted by molar-refractivity contribution is 0.590. The summed E-state index contributed by atoms with van der Waals surface area (Å²) in [4.78, 5) is 7.61. The number of nitrogens with zero attached hydrogens (tertiary/aromatic N) is 3. The highest BCUT2D eigenvalue weighted by molar-refractivity contribution is 7.00. The van der Waals surface area contributed by atoms with E-state index in [0.717, 1.165) is 67.2 Å². The van der Waals surface area contributed by atoms with Crippen molar-refractivity contribution in [3.63, 3.8) is 0 Å². The molecule has 1 aromatic heterocycles. The molecule has 428 valence electrons. The van der Waals surface area contributed by atoms with E-state index in [1.54, 1.807) is 0 Å². The molecule has 0 saturated heterocycles. The zero-order valence-corrected chi connectivity index (χ0v) is 52.7.